The number of likely N-dealkylation sites (tertiary alicyclic amines) is 1. The van der Waals surface area contributed by atoms with Gasteiger partial charge in [0.05, 0.1) is 0 Å². The van der Waals surface area contributed by atoms with Gasteiger partial charge >= 0.3 is 0 Å². The summed E-state index contributed by atoms with van der Waals surface area (Å²) in [5.74, 6) is 0.926. The summed E-state index contributed by atoms with van der Waals surface area (Å²) in [4.78, 5) is 2.42. The maximum absolute atomic E-state index is 2.42. The molecule has 0 spiro atoms. The zero-order chi connectivity index (χ0) is 8.15. The predicted molar refractivity (Wildman–Crippen MR) is 47.2 cm³/mol. The van der Waals surface area contributed by atoms with Crippen LogP contribution in [0, 0.1) is 5.92 Å². The summed E-state index contributed by atoms with van der Waals surface area (Å²) in [5, 5.41) is 0. The molecule has 1 fully saturated rings. The van der Waals surface area contributed by atoms with E-state index in [1.54, 1.807) is 0 Å². The van der Waals surface area contributed by atoms with Crippen LogP contribution in [-0.2, 0) is 0 Å². The van der Waals surface area contributed by atoms with Crippen LogP contribution in [0.1, 0.15) is 34.1 Å². The Labute approximate surface area is 65.4 Å². The van der Waals surface area contributed by atoms with E-state index in [1.807, 2.05) is 13.8 Å². The molecule has 1 heterocycles. The Kier molecular flexibility index (Phi) is 4.71. The van der Waals surface area contributed by atoms with Crippen molar-refractivity contribution in [1.82, 2.24) is 4.90 Å². The second kappa shape index (κ2) is 4.73. The monoisotopic (exact) mass is 143 g/mol. The Morgan fingerprint density at radius 1 is 1.20 bits per heavy atom. The smallest absolute Gasteiger partial charge is 0.00670 e. The molecule has 0 N–H and O–H groups in total. The van der Waals surface area contributed by atoms with Crippen molar-refractivity contribution in [2.24, 2.45) is 5.92 Å². The Morgan fingerprint density at radius 2 is 1.70 bits per heavy atom. The molecule has 0 amide bonds. The molecule has 2 atom stereocenters. The van der Waals surface area contributed by atoms with E-state index in [0.29, 0.717) is 0 Å². The maximum atomic E-state index is 2.42. The summed E-state index contributed by atoms with van der Waals surface area (Å²) in [7, 11) is 2.20. The van der Waals surface area contributed by atoms with Crippen molar-refractivity contribution in [3.05, 3.63) is 0 Å². The van der Waals surface area contributed by atoms with Crippen LogP contribution in [0.25, 0.3) is 0 Å². The highest BCUT2D eigenvalue weighted by Crippen LogP contribution is 2.19. The van der Waals surface area contributed by atoms with Gasteiger partial charge in [0.25, 0.3) is 0 Å². The zero-order valence-corrected chi connectivity index (χ0v) is 8.02. The maximum Gasteiger partial charge on any atom is 0.00670 e. The van der Waals surface area contributed by atoms with Crippen LogP contribution in [0.3, 0.4) is 0 Å². The van der Waals surface area contributed by atoms with Crippen LogP contribution >= 0.6 is 0 Å². The molecule has 1 nitrogen and oxygen atoms in total. The molecule has 1 saturated heterocycles. The first-order valence-corrected chi connectivity index (χ1v) is 4.40. The molecule has 10 heavy (non-hydrogen) atoms. The first kappa shape index (κ1) is 9.96. The molecule has 0 aromatic carbocycles. The van der Waals surface area contributed by atoms with Gasteiger partial charge in [0.1, 0.15) is 0 Å². The Morgan fingerprint density at radius 3 is 1.80 bits per heavy atom. The van der Waals surface area contributed by atoms with Crippen LogP contribution in [0.4, 0.5) is 0 Å². The van der Waals surface area contributed by atoms with Crippen LogP contribution in [-0.4, -0.2) is 24.5 Å². The van der Waals surface area contributed by atoms with E-state index in [9.17, 15) is 0 Å². The van der Waals surface area contributed by atoms with E-state index < -0.39 is 0 Å². The van der Waals surface area contributed by atoms with Crippen LogP contribution in [0.2, 0.25) is 0 Å². The second-order valence-electron chi connectivity index (χ2n) is 3.13. The minimum atomic E-state index is 0.824. The summed E-state index contributed by atoms with van der Waals surface area (Å²) in [6, 6.07) is 0.824. The summed E-state index contributed by atoms with van der Waals surface area (Å²) >= 11 is 0. The van der Waals surface area contributed by atoms with E-state index in [2.05, 4.69) is 25.8 Å². The van der Waals surface area contributed by atoms with Gasteiger partial charge in [0.2, 0.25) is 0 Å². The normalized spacial score (nSPS) is 33.3. The van der Waals surface area contributed by atoms with E-state index in [1.165, 1.54) is 13.0 Å². The number of hydrogen-bond donors (Lipinski definition) is 0. The lowest BCUT2D eigenvalue weighted by molar-refractivity contribution is 0.327. The average molecular weight is 143 g/mol. The van der Waals surface area contributed by atoms with Crippen molar-refractivity contribution < 1.29 is 0 Å². The minimum Gasteiger partial charge on any atom is -0.303 e. The van der Waals surface area contributed by atoms with E-state index in [0.717, 1.165) is 12.0 Å². The first-order chi connectivity index (χ1) is 4.70. The van der Waals surface area contributed by atoms with Gasteiger partial charge in [-0.2, -0.15) is 0 Å². The first-order valence-electron chi connectivity index (χ1n) is 4.40. The lowest BCUT2D eigenvalue weighted by Crippen LogP contribution is -2.21. The Balaban J connectivity index is 0.000000371. The molecule has 0 bridgehead atoms. The Hall–Kier alpha value is -0.0400. The number of rotatable bonds is 0. The lowest BCUT2D eigenvalue weighted by Gasteiger charge is -2.12. The molecular formula is C9H21N. The third kappa shape index (κ3) is 2.70. The molecule has 1 rings (SSSR count). The SMILES string of the molecule is CC.C[C@@H]1C[C@@H](C)N(C)C1. The molecule has 62 valence electrons. The predicted octanol–water partition coefficient (Wildman–Crippen LogP) is 2.37. The number of nitrogens with zero attached hydrogens (tertiary/aromatic N) is 1. The van der Waals surface area contributed by atoms with Crippen molar-refractivity contribution in [1.29, 1.82) is 0 Å². The van der Waals surface area contributed by atoms with E-state index in [-0.39, 0.29) is 0 Å². The van der Waals surface area contributed by atoms with Crippen molar-refractivity contribution in [3.8, 4) is 0 Å². The fourth-order valence-corrected chi connectivity index (χ4v) is 1.51. The second-order valence-corrected chi connectivity index (χ2v) is 3.13. The van der Waals surface area contributed by atoms with E-state index in [4.69, 9.17) is 0 Å². The number of hydrogen-bond acceptors (Lipinski definition) is 1. The molecule has 0 aromatic rings. The quantitative estimate of drug-likeness (QED) is 0.503. The summed E-state index contributed by atoms with van der Waals surface area (Å²) in [5.41, 5.74) is 0. The Bertz CT molecular complexity index is 70.8. The largest absolute Gasteiger partial charge is 0.303 e. The fraction of sp³-hybridized carbons (Fsp3) is 1.00. The lowest BCUT2D eigenvalue weighted by atomic mass is 10.1. The van der Waals surface area contributed by atoms with E-state index >= 15 is 0 Å². The summed E-state index contributed by atoms with van der Waals surface area (Å²) in [6.07, 6.45) is 1.39. The van der Waals surface area contributed by atoms with Gasteiger partial charge in [-0.15, -0.1) is 0 Å². The fourth-order valence-electron chi connectivity index (χ4n) is 1.51. The highest BCUT2D eigenvalue weighted by molar-refractivity contribution is 4.76. The van der Waals surface area contributed by atoms with Gasteiger partial charge in [0.15, 0.2) is 0 Å². The standard InChI is InChI=1S/C7H15N.C2H6/c1-6-4-7(2)8(3)5-6;1-2/h6-7H,4-5H2,1-3H3;1-2H3/t6-,7-;/m1./s1. The highest BCUT2D eigenvalue weighted by atomic mass is 15.1. The van der Waals surface area contributed by atoms with Crippen molar-refractivity contribution in [3.63, 3.8) is 0 Å². The van der Waals surface area contributed by atoms with Crippen LogP contribution in [0.15, 0.2) is 0 Å². The van der Waals surface area contributed by atoms with Gasteiger partial charge in [-0.25, -0.2) is 0 Å². The van der Waals surface area contributed by atoms with Crippen LogP contribution in [0.5, 0.6) is 0 Å². The third-order valence-electron chi connectivity index (χ3n) is 2.10. The molecule has 1 aliphatic heterocycles. The highest BCUT2D eigenvalue weighted by Gasteiger charge is 2.21. The third-order valence-corrected chi connectivity index (χ3v) is 2.10. The van der Waals surface area contributed by atoms with Crippen molar-refractivity contribution in [2.45, 2.75) is 40.2 Å². The summed E-state index contributed by atoms with van der Waals surface area (Å²) < 4.78 is 0. The molecule has 1 heteroatoms. The zero-order valence-electron chi connectivity index (χ0n) is 8.02. The molecule has 0 radical (unpaired) electrons. The van der Waals surface area contributed by atoms with Gasteiger partial charge in [-0.3, -0.25) is 0 Å². The van der Waals surface area contributed by atoms with Crippen molar-refractivity contribution in [2.75, 3.05) is 13.6 Å². The van der Waals surface area contributed by atoms with Gasteiger partial charge < -0.3 is 4.90 Å². The van der Waals surface area contributed by atoms with Gasteiger partial charge in [0, 0.05) is 12.6 Å². The van der Waals surface area contributed by atoms with Gasteiger partial charge in [-0.05, 0) is 26.3 Å². The van der Waals surface area contributed by atoms with Crippen molar-refractivity contribution >= 4 is 0 Å². The molecule has 0 aliphatic carbocycles. The minimum absolute atomic E-state index is 0.824. The van der Waals surface area contributed by atoms with Crippen LogP contribution < -0.4 is 0 Å². The molecule has 1 aliphatic rings. The summed E-state index contributed by atoms with van der Waals surface area (Å²) in [6.45, 7) is 9.91. The molecular weight excluding hydrogens is 122 g/mol. The molecule has 0 unspecified atom stereocenters. The molecule has 0 aromatic heterocycles. The van der Waals surface area contributed by atoms with Gasteiger partial charge in [-0.1, -0.05) is 20.8 Å². The topological polar surface area (TPSA) is 3.24 Å². The molecule has 0 saturated carbocycles. The average Bonchev–Trinajstić information content (AvgIpc) is 2.16.